The second kappa shape index (κ2) is 8.77. The lowest BCUT2D eigenvalue weighted by atomic mass is 10.2. The van der Waals surface area contributed by atoms with Crippen LogP contribution in [0.15, 0.2) is 26.6 Å². The molecular formula is C13H13BrFN3O3S. The standard InChI is InChI=1S/C13H13BrFN3O3S/c1-3-4-21-13(20)7(2)22-11-5-8(12(19)17-18-16)10(15)6-9(11)14/h5-7H,3-4H2,1-2H3. The quantitative estimate of drug-likeness (QED) is 0.236. The molecule has 0 saturated heterocycles. The summed E-state index contributed by atoms with van der Waals surface area (Å²) in [5.74, 6) is -2.23. The molecular weight excluding hydrogens is 377 g/mol. The summed E-state index contributed by atoms with van der Waals surface area (Å²) in [7, 11) is 0. The minimum absolute atomic E-state index is 0.328. The lowest BCUT2D eigenvalue weighted by Crippen LogP contribution is -2.17. The Bertz CT molecular complexity index is 635. The molecule has 6 nitrogen and oxygen atoms in total. The molecule has 0 N–H and O–H groups in total. The molecule has 1 aromatic rings. The van der Waals surface area contributed by atoms with Crippen LogP contribution in [-0.4, -0.2) is 23.7 Å². The summed E-state index contributed by atoms with van der Waals surface area (Å²) in [5, 5.41) is 2.33. The number of azide groups is 1. The Kier molecular flexibility index (Phi) is 7.37. The van der Waals surface area contributed by atoms with Crippen LogP contribution in [0.4, 0.5) is 4.39 Å². The fraction of sp³-hybridized carbons (Fsp3) is 0.385. The van der Waals surface area contributed by atoms with Crippen molar-refractivity contribution in [2.45, 2.75) is 30.4 Å². The number of amides is 1. The van der Waals surface area contributed by atoms with Crippen LogP contribution in [0.5, 0.6) is 0 Å². The van der Waals surface area contributed by atoms with Crippen molar-refractivity contribution in [2.24, 2.45) is 5.11 Å². The van der Waals surface area contributed by atoms with Gasteiger partial charge in [0.15, 0.2) is 0 Å². The Labute approximate surface area is 139 Å². The Morgan fingerprint density at radius 2 is 2.23 bits per heavy atom. The SMILES string of the molecule is CCCOC(=O)C(C)Sc1cc(C(=O)N=[N+]=[N-])c(F)cc1Br. The van der Waals surface area contributed by atoms with Gasteiger partial charge in [-0.3, -0.25) is 9.59 Å². The topological polar surface area (TPSA) is 92.1 Å². The summed E-state index contributed by atoms with van der Waals surface area (Å²) >= 11 is 4.28. The van der Waals surface area contributed by atoms with Gasteiger partial charge in [0.05, 0.1) is 12.2 Å². The molecule has 118 valence electrons. The van der Waals surface area contributed by atoms with Crippen molar-refractivity contribution in [3.8, 4) is 0 Å². The van der Waals surface area contributed by atoms with Crippen molar-refractivity contribution >= 4 is 39.6 Å². The van der Waals surface area contributed by atoms with Gasteiger partial charge >= 0.3 is 5.97 Å². The van der Waals surface area contributed by atoms with Crippen molar-refractivity contribution < 1.29 is 18.7 Å². The van der Waals surface area contributed by atoms with E-state index in [1.54, 1.807) is 6.92 Å². The molecule has 1 rings (SSSR count). The highest BCUT2D eigenvalue weighted by molar-refractivity contribution is 9.10. The third-order valence-corrected chi connectivity index (χ3v) is 4.53. The number of carbonyl (C=O) groups excluding carboxylic acids is 2. The van der Waals surface area contributed by atoms with E-state index in [1.807, 2.05) is 6.92 Å². The van der Waals surface area contributed by atoms with Gasteiger partial charge < -0.3 is 4.74 Å². The maximum Gasteiger partial charge on any atom is 0.319 e. The zero-order chi connectivity index (χ0) is 16.7. The molecule has 0 bridgehead atoms. The first-order valence-corrected chi connectivity index (χ1v) is 7.99. The van der Waals surface area contributed by atoms with E-state index in [0.717, 1.165) is 17.8 Å². The Hall–Kier alpha value is -1.57. The third kappa shape index (κ3) is 5.01. The third-order valence-electron chi connectivity index (χ3n) is 2.47. The molecule has 1 aromatic carbocycles. The first-order chi connectivity index (χ1) is 10.4. The number of rotatable bonds is 6. The van der Waals surface area contributed by atoms with Crippen LogP contribution in [0.1, 0.15) is 30.6 Å². The van der Waals surface area contributed by atoms with Crippen LogP contribution in [0.3, 0.4) is 0 Å². The van der Waals surface area contributed by atoms with Gasteiger partial charge in [-0.25, -0.2) is 4.39 Å². The monoisotopic (exact) mass is 389 g/mol. The van der Waals surface area contributed by atoms with E-state index in [2.05, 4.69) is 26.0 Å². The number of hydrogen-bond donors (Lipinski definition) is 0. The molecule has 9 heteroatoms. The Morgan fingerprint density at radius 1 is 1.55 bits per heavy atom. The lowest BCUT2D eigenvalue weighted by Gasteiger charge is -2.13. The second-order valence-electron chi connectivity index (χ2n) is 4.18. The number of ether oxygens (including phenoxy) is 1. The number of carbonyl (C=O) groups is 2. The van der Waals surface area contributed by atoms with Crippen LogP contribution in [0.2, 0.25) is 0 Å². The molecule has 0 spiro atoms. The number of esters is 1. The van der Waals surface area contributed by atoms with E-state index in [1.165, 1.54) is 6.07 Å². The van der Waals surface area contributed by atoms with Gasteiger partial charge in [0.1, 0.15) is 11.1 Å². The van der Waals surface area contributed by atoms with Gasteiger partial charge in [0.2, 0.25) is 0 Å². The molecule has 0 aliphatic carbocycles. The number of halogens is 2. The highest BCUT2D eigenvalue weighted by Crippen LogP contribution is 2.33. The van der Waals surface area contributed by atoms with Gasteiger partial charge in [0.25, 0.3) is 5.91 Å². The summed E-state index contributed by atoms with van der Waals surface area (Å²) in [6.45, 7) is 3.86. The van der Waals surface area contributed by atoms with Crippen molar-refractivity contribution in [1.29, 1.82) is 0 Å². The van der Waals surface area contributed by atoms with Crippen molar-refractivity contribution in [2.75, 3.05) is 6.61 Å². The number of thioether (sulfide) groups is 1. The molecule has 22 heavy (non-hydrogen) atoms. The molecule has 0 saturated carbocycles. The Morgan fingerprint density at radius 3 is 2.82 bits per heavy atom. The summed E-state index contributed by atoms with van der Waals surface area (Å²) in [6.07, 6.45) is 0.716. The van der Waals surface area contributed by atoms with Gasteiger partial charge in [-0.1, -0.05) is 6.92 Å². The maximum absolute atomic E-state index is 13.7. The average Bonchev–Trinajstić information content (AvgIpc) is 2.47. The highest BCUT2D eigenvalue weighted by Gasteiger charge is 2.20. The second-order valence-corrected chi connectivity index (χ2v) is 6.42. The smallest absolute Gasteiger partial charge is 0.319 e. The highest BCUT2D eigenvalue weighted by atomic mass is 79.9. The fourth-order valence-electron chi connectivity index (χ4n) is 1.44. The van der Waals surface area contributed by atoms with E-state index in [-0.39, 0.29) is 5.56 Å². The van der Waals surface area contributed by atoms with E-state index in [9.17, 15) is 14.0 Å². The predicted octanol–water partition coefficient (Wildman–Crippen LogP) is 4.47. The molecule has 0 heterocycles. The zero-order valence-electron chi connectivity index (χ0n) is 11.9. The van der Waals surface area contributed by atoms with Gasteiger partial charge in [0, 0.05) is 14.3 Å². The van der Waals surface area contributed by atoms with Crippen molar-refractivity contribution in [3.05, 3.63) is 38.4 Å². The minimum atomic E-state index is -1.02. The van der Waals surface area contributed by atoms with Crippen molar-refractivity contribution in [1.82, 2.24) is 0 Å². The summed E-state index contributed by atoms with van der Waals surface area (Å²) in [4.78, 5) is 26.1. The van der Waals surface area contributed by atoms with E-state index in [4.69, 9.17) is 10.3 Å². The van der Waals surface area contributed by atoms with Crippen molar-refractivity contribution in [3.63, 3.8) is 0 Å². The van der Waals surface area contributed by atoms with Crippen LogP contribution in [0, 0.1) is 5.82 Å². The number of benzene rings is 1. The van der Waals surface area contributed by atoms with E-state index in [0.29, 0.717) is 22.4 Å². The van der Waals surface area contributed by atoms with E-state index >= 15 is 0 Å². The first-order valence-electron chi connectivity index (χ1n) is 6.32. The largest absolute Gasteiger partial charge is 0.465 e. The van der Waals surface area contributed by atoms with Crippen LogP contribution >= 0.6 is 27.7 Å². The molecule has 1 unspecified atom stereocenters. The van der Waals surface area contributed by atoms with Gasteiger partial charge in [-0.15, -0.1) is 11.8 Å². The lowest BCUT2D eigenvalue weighted by molar-refractivity contribution is -0.142. The number of nitrogens with zero attached hydrogens (tertiary/aromatic N) is 3. The molecule has 0 fully saturated rings. The molecule has 1 amide bonds. The minimum Gasteiger partial charge on any atom is -0.465 e. The first kappa shape index (κ1) is 18.5. The predicted molar refractivity (Wildman–Crippen MR) is 84.1 cm³/mol. The molecule has 1 atom stereocenters. The molecule has 0 aliphatic rings. The van der Waals surface area contributed by atoms with Crippen LogP contribution in [-0.2, 0) is 9.53 Å². The summed E-state index contributed by atoms with van der Waals surface area (Å²) < 4.78 is 19.1. The summed E-state index contributed by atoms with van der Waals surface area (Å²) in [5.41, 5.74) is 7.90. The average molecular weight is 390 g/mol. The fourth-order valence-corrected chi connectivity index (χ4v) is 2.93. The van der Waals surface area contributed by atoms with E-state index < -0.39 is 22.9 Å². The van der Waals surface area contributed by atoms with Gasteiger partial charge in [-0.05, 0) is 52.1 Å². The van der Waals surface area contributed by atoms with Crippen LogP contribution in [0.25, 0.3) is 10.4 Å². The normalized spacial score (nSPS) is 11.5. The van der Waals surface area contributed by atoms with Gasteiger partial charge in [-0.2, -0.15) is 0 Å². The maximum atomic E-state index is 13.7. The molecule has 0 aromatic heterocycles. The number of hydrogen-bond acceptors (Lipinski definition) is 4. The van der Waals surface area contributed by atoms with Crippen LogP contribution < -0.4 is 0 Å². The molecule has 0 aliphatic heterocycles. The summed E-state index contributed by atoms with van der Waals surface area (Å²) in [6, 6.07) is 2.33. The molecule has 0 radical (unpaired) electrons. The Balaban J connectivity index is 2.99. The zero-order valence-corrected chi connectivity index (χ0v) is 14.3.